The van der Waals surface area contributed by atoms with Crippen molar-refractivity contribution in [2.75, 3.05) is 25.0 Å². The Labute approximate surface area is 141 Å². The smallest absolute Gasteiger partial charge is 0.240 e. The lowest BCUT2D eigenvalue weighted by Crippen LogP contribution is -2.39. The molecule has 1 fully saturated rings. The lowest BCUT2D eigenvalue weighted by Gasteiger charge is -2.29. The minimum Gasteiger partial charge on any atom is -0.301 e. The first kappa shape index (κ1) is 16.1. The van der Waals surface area contributed by atoms with Crippen LogP contribution in [0.25, 0.3) is 11.3 Å². The van der Waals surface area contributed by atoms with Gasteiger partial charge in [0, 0.05) is 17.5 Å². The Morgan fingerprint density at radius 2 is 2.17 bits per heavy atom. The van der Waals surface area contributed by atoms with Crippen molar-refractivity contribution < 1.29 is 4.79 Å². The topological polar surface area (TPSA) is 45.2 Å². The van der Waals surface area contributed by atoms with Gasteiger partial charge in [0.05, 0.1) is 12.2 Å². The van der Waals surface area contributed by atoms with Crippen LogP contribution in [0.3, 0.4) is 0 Å². The number of hydrogen-bond acceptors (Lipinski definition) is 4. The average Bonchev–Trinajstić information content (AvgIpc) is 2.96. The highest BCUT2D eigenvalue weighted by atomic mass is 32.1. The molecule has 1 atom stereocenters. The summed E-state index contributed by atoms with van der Waals surface area (Å²) in [5, 5.41) is 5.60. The minimum absolute atomic E-state index is 0.0314. The van der Waals surface area contributed by atoms with Crippen LogP contribution in [0.1, 0.15) is 25.3 Å². The summed E-state index contributed by atoms with van der Waals surface area (Å²) in [4.78, 5) is 19.0. The third-order valence-electron chi connectivity index (χ3n) is 4.21. The molecule has 1 aromatic heterocycles. The van der Waals surface area contributed by atoms with Crippen molar-refractivity contribution in [3.63, 3.8) is 0 Å². The van der Waals surface area contributed by atoms with Gasteiger partial charge in [0.25, 0.3) is 0 Å². The second-order valence-electron chi connectivity index (χ2n) is 6.43. The van der Waals surface area contributed by atoms with Crippen LogP contribution in [0, 0.1) is 12.8 Å². The maximum atomic E-state index is 12.2. The number of nitrogens with zero attached hydrogens (tertiary/aromatic N) is 2. The zero-order valence-electron chi connectivity index (χ0n) is 13.7. The summed E-state index contributed by atoms with van der Waals surface area (Å²) in [6.45, 7) is 6.81. The van der Waals surface area contributed by atoms with E-state index in [9.17, 15) is 4.79 Å². The number of benzene rings is 1. The summed E-state index contributed by atoms with van der Waals surface area (Å²) in [7, 11) is 0. The van der Waals surface area contributed by atoms with Crippen LogP contribution in [-0.2, 0) is 4.79 Å². The van der Waals surface area contributed by atoms with Gasteiger partial charge in [-0.25, -0.2) is 4.98 Å². The van der Waals surface area contributed by atoms with Crippen molar-refractivity contribution in [2.45, 2.75) is 26.7 Å². The van der Waals surface area contributed by atoms with Gasteiger partial charge in [0.1, 0.15) is 0 Å². The monoisotopic (exact) mass is 329 g/mol. The number of hydrogen-bond donors (Lipinski definition) is 1. The number of carbonyl (C=O) groups excluding carboxylic acids is 1. The molecule has 1 amide bonds. The van der Waals surface area contributed by atoms with E-state index in [4.69, 9.17) is 0 Å². The molecule has 0 spiro atoms. The molecular formula is C18H23N3OS. The van der Waals surface area contributed by atoms with Gasteiger partial charge in [-0.2, -0.15) is 0 Å². The third kappa shape index (κ3) is 4.39. The Balaban J connectivity index is 1.58. The van der Waals surface area contributed by atoms with Crippen molar-refractivity contribution in [3.8, 4) is 11.3 Å². The number of anilines is 1. The lowest BCUT2D eigenvalue weighted by molar-refractivity contribution is -0.117. The zero-order chi connectivity index (χ0) is 16.2. The fourth-order valence-electron chi connectivity index (χ4n) is 2.98. The summed E-state index contributed by atoms with van der Waals surface area (Å²) in [5.74, 6) is 0.716. The van der Waals surface area contributed by atoms with Gasteiger partial charge in [-0.05, 0) is 32.2 Å². The van der Waals surface area contributed by atoms with E-state index in [1.54, 1.807) is 0 Å². The van der Waals surface area contributed by atoms with E-state index in [-0.39, 0.29) is 5.91 Å². The van der Waals surface area contributed by atoms with Crippen molar-refractivity contribution in [1.82, 2.24) is 9.88 Å². The number of carbonyl (C=O) groups is 1. The van der Waals surface area contributed by atoms with Crippen molar-refractivity contribution in [3.05, 3.63) is 35.2 Å². The van der Waals surface area contributed by atoms with Crippen molar-refractivity contribution in [1.29, 1.82) is 0 Å². The second-order valence-corrected chi connectivity index (χ2v) is 7.29. The SMILES string of the molecule is Cc1ccc(-c2csc(NC(=O)CN3CCCC(C)C3)n2)cc1. The van der Waals surface area contributed by atoms with Crippen LogP contribution < -0.4 is 5.32 Å². The summed E-state index contributed by atoms with van der Waals surface area (Å²) < 4.78 is 0. The molecule has 1 aliphatic rings. The molecule has 3 rings (SSSR count). The predicted molar refractivity (Wildman–Crippen MR) is 95.8 cm³/mol. The molecule has 2 aromatic rings. The van der Waals surface area contributed by atoms with E-state index in [1.165, 1.54) is 29.7 Å². The Hall–Kier alpha value is -1.72. The quantitative estimate of drug-likeness (QED) is 0.928. The van der Waals surface area contributed by atoms with Crippen LogP contribution in [0.4, 0.5) is 5.13 Å². The summed E-state index contributed by atoms with van der Waals surface area (Å²) >= 11 is 1.48. The van der Waals surface area contributed by atoms with Crippen LogP contribution in [-0.4, -0.2) is 35.4 Å². The molecule has 122 valence electrons. The van der Waals surface area contributed by atoms with Gasteiger partial charge >= 0.3 is 0 Å². The molecule has 1 N–H and O–H groups in total. The van der Waals surface area contributed by atoms with Gasteiger partial charge in [-0.15, -0.1) is 11.3 Å². The van der Waals surface area contributed by atoms with Crippen molar-refractivity contribution >= 4 is 22.4 Å². The van der Waals surface area contributed by atoms with Crippen LogP contribution in [0.5, 0.6) is 0 Å². The molecule has 4 nitrogen and oxygen atoms in total. The predicted octanol–water partition coefficient (Wildman–Crippen LogP) is 3.79. The molecule has 1 saturated heterocycles. The van der Waals surface area contributed by atoms with Crippen LogP contribution >= 0.6 is 11.3 Å². The number of likely N-dealkylation sites (tertiary alicyclic amines) is 1. The first-order valence-corrected chi connectivity index (χ1v) is 9.03. The van der Waals surface area contributed by atoms with Gasteiger partial charge in [0.15, 0.2) is 5.13 Å². The highest BCUT2D eigenvalue weighted by Gasteiger charge is 2.19. The number of aryl methyl sites for hydroxylation is 1. The third-order valence-corrected chi connectivity index (χ3v) is 4.96. The van der Waals surface area contributed by atoms with E-state index in [1.807, 2.05) is 5.38 Å². The number of rotatable bonds is 4. The number of aromatic nitrogens is 1. The summed E-state index contributed by atoms with van der Waals surface area (Å²) in [6.07, 6.45) is 2.45. The molecule has 2 heterocycles. The maximum Gasteiger partial charge on any atom is 0.240 e. The van der Waals surface area contributed by atoms with Gasteiger partial charge in [-0.1, -0.05) is 36.8 Å². The molecule has 0 radical (unpaired) electrons. The molecule has 0 saturated carbocycles. The van der Waals surface area contributed by atoms with Crippen LogP contribution in [0.2, 0.25) is 0 Å². The fraction of sp³-hybridized carbons (Fsp3) is 0.444. The highest BCUT2D eigenvalue weighted by molar-refractivity contribution is 7.14. The standard InChI is InChI=1S/C18H23N3OS/c1-13-5-7-15(8-6-13)16-12-23-18(19-16)20-17(22)11-21-9-3-4-14(2)10-21/h5-8,12,14H,3-4,9-11H2,1-2H3,(H,19,20,22). The van der Waals surface area contributed by atoms with Gasteiger partial charge < -0.3 is 5.32 Å². The zero-order valence-corrected chi connectivity index (χ0v) is 14.5. The maximum absolute atomic E-state index is 12.2. The highest BCUT2D eigenvalue weighted by Crippen LogP contribution is 2.25. The fourth-order valence-corrected chi connectivity index (χ4v) is 3.72. The Morgan fingerprint density at radius 1 is 1.39 bits per heavy atom. The minimum atomic E-state index is 0.0314. The summed E-state index contributed by atoms with van der Waals surface area (Å²) in [6, 6.07) is 8.27. The Kier molecular flexibility index (Phi) is 5.08. The van der Waals surface area contributed by atoms with E-state index in [0.717, 1.165) is 24.3 Å². The molecule has 0 bridgehead atoms. The molecule has 23 heavy (non-hydrogen) atoms. The number of piperidine rings is 1. The lowest BCUT2D eigenvalue weighted by atomic mass is 10.0. The molecule has 1 unspecified atom stereocenters. The van der Waals surface area contributed by atoms with Crippen molar-refractivity contribution in [2.24, 2.45) is 5.92 Å². The van der Waals surface area contributed by atoms with Crippen LogP contribution in [0.15, 0.2) is 29.6 Å². The van der Waals surface area contributed by atoms with E-state index >= 15 is 0 Å². The Morgan fingerprint density at radius 3 is 2.91 bits per heavy atom. The first-order valence-electron chi connectivity index (χ1n) is 8.15. The second kappa shape index (κ2) is 7.23. The number of amides is 1. The van der Waals surface area contributed by atoms with E-state index < -0.39 is 0 Å². The summed E-state index contributed by atoms with van der Waals surface area (Å²) in [5.41, 5.74) is 3.22. The van der Waals surface area contributed by atoms with Gasteiger partial charge in [0.2, 0.25) is 5.91 Å². The normalized spacial score (nSPS) is 18.8. The van der Waals surface area contributed by atoms with E-state index in [0.29, 0.717) is 17.6 Å². The molecule has 1 aliphatic heterocycles. The van der Waals surface area contributed by atoms with Gasteiger partial charge in [-0.3, -0.25) is 9.69 Å². The molecule has 1 aromatic carbocycles. The van der Waals surface area contributed by atoms with E-state index in [2.05, 4.69) is 53.3 Å². The number of nitrogens with one attached hydrogen (secondary N) is 1. The molecule has 5 heteroatoms. The first-order chi connectivity index (χ1) is 11.1. The Bertz CT molecular complexity index is 665. The average molecular weight is 329 g/mol. The molecule has 0 aliphatic carbocycles. The largest absolute Gasteiger partial charge is 0.301 e. The molecular weight excluding hydrogens is 306 g/mol. The number of thiazole rings is 1.